The number of fused-ring (bicyclic) bond motifs is 8. The second-order valence-electron chi connectivity index (χ2n) is 21.6. The van der Waals surface area contributed by atoms with Crippen molar-refractivity contribution >= 4 is 56.6 Å². The molecule has 0 saturated heterocycles. The zero-order valence-electron chi connectivity index (χ0n) is 43.8. The first-order chi connectivity index (χ1) is 38.7. The van der Waals surface area contributed by atoms with E-state index in [0.717, 1.165) is 79.8 Å². The van der Waals surface area contributed by atoms with Gasteiger partial charge in [-0.15, -0.1) is 0 Å². The predicted octanol–water partition coefficient (Wildman–Crippen LogP) is 19.8. The molecule has 3 heteroatoms. The number of rotatable bonds is 9. The Balaban J connectivity index is 0.827. The highest BCUT2D eigenvalue weighted by Crippen LogP contribution is 2.46. The summed E-state index contributed by atoms with van der Waals surface area (Å²) in [4.78, 5) is 2.45. The summed E-state index contributed by atoms with van der Waals surface area (Å²) in [6.45, 7) is 0. The van der Waals surface area contributed by atoms with Gasteiger partial charge in [-0.1, -0.05) is 170 Å². The Hall–Kier alpha value is -9.18. The van der Waals surface area contributed by atoms with E-state index in [0.29, 0.717) is 5.92 Å². The third kappa shape index (κ3) is 8.03. The molecule has 2 heterocycles. The van der Waals surface area contributed by atoms with Crippen molar-refractivity contribution in [2.75, 3.05) is 4.90 Å². The fourth-order valence-electron chi connectivity index (χ4n) is 13.5. The normalized spacial score (nSPS) is 15.5. The molecule has 374 valence electrons. The third-order valence-electron chi connectivity index (χ3n) is 17.2. The molecule has 78 heavy (non-hydrogen) atoms. The van der Waals surface area contributed by atoms with E-state index in [1.54, 1.807) is 0 Å². The first kappa shape index (κ1) is 46.1. The van der Waals surface area contributed by atoms with Gasteiger partial charge in [-0.2, -0.15) is 0 Å². The van der Waals surface area contributed by atoms with Crippen LogP contribution in [0.3, 0.4) is 0 Å². The molecule has 0 saturated carbocycles. The van der Waals surface area contributed by atoms with Gasteiger partial charge in [0.25, 0.3) is 0 Å². The second kappa shape index (κ2) is 19.4. The number of allylic oxidation sites excluding steroid dienone is 6. The van der Waals surface area contributed by atoms with Crippen molar-refractivity contribution in [3.8, 4) is 44.8 Å². The molecule has 1 unspecified atom stereocenters. The van der Waals surface area contributed by atoms with Crippen molar-refractivity contribution in [2.45, 2.75) is 57.3 Å². The van der Waals surface area contributed by atoms with Crippen LogP contribution in [0, 0.1) is 0 Å². The summed E-state index contributed by atoms with van der Waals surface area (Å²) < 4.78 is 4.97. The van der Waals surface area contributed by atoms with Crippen LogP contribution < -0.4 is 4.90 Å². The van der Waals surface area contributed by atoms with Crippen molar-refractivity contribution in [3.63, 3.8) is 0 Å². The van der Waals surface area contributed by atoms with Crippen LogP contribution in [0.2, 0.25) is 0 Å². The van der Waals surface area contributed by atoms with Gasteiger partial charge in [0.2, 0.25) is 0 Å². The zero-order chi connectivity index (χ0) is 51.5. The molecule has 0 bridgehead atoms. The minimum atomic E-state index is 0.308. The van der Waals surface area contributed by atoms with Gasteiger partial charge in [0.1, 0.15) is 0 Å². The van der Waals surface area contributed by atoms with E-state index in [2.05, 4.69) is 269 Å². The van der Waals surface area contributed by atoms with Crippen LogP contribution in [0.5, 0.6) is 0 Å². The van der Waals surface area contributed by atoms with E-state index in [9.17, 15) is 0 Å². The average molecular weight is 1000 g/mol. The standard InChI is InChI=1S/C75H59N3/c1-4-16-51(17-5-1)55-30-44-65-58(48-55)33-45-64(66-22-10-11-23-67(65)66)54-28-34-59(35-29-54)76(60-36-40-62(41-37-60)77-72-26-14-12-24-68(72)70-46-31-56(49-74(70)77)52-18-6-2-7-19-52)61-38-42-63(43-39-61)78-73-27-15-13-25-69(73)71-47-32-57(50-75(71)78)53-20-8-3-9-21-53/h1-10,14-22,26-32,34-44,46-50,64H,11-13,23-25,33,45H2. The maximum absolute atomic E-state index is 2.49. The molecule has 3 nitrogen and oxygen atoms in total. The van der Waals surface area contributed by atoms with Crippen molar-refractivity contribution in [1.29, 1.82) is 0 Å². The van der Waals surface area contributed by atoms with Crippen LogP contribution in [0.1, 0.15) is 77.2 Å². The molecule has 1 atom stereocenters. The molecule has 0 radical (unpaired) electrons. The minimum absolute atomic E-state index is 0.308. The number of aromatic nitrogens is 2. The second-order valence-corrected chi connectivity index (χ2v) is 21.6. The SMILES string of the molecule is C1=CC2=C(CC1)c1ccc(-c3ccccc3)cc1CCC2c1ccc(N(c2ccc(-n3c4c(c5ccc(-c6ccccc6)cc53)CCC=C4)cc2)c2ccc(-n3c4c(c5ccc(-c6ccccc6)cc53)CCC=C4)cc2)cc1. The number of anilines is 3. The Kier molecular flexibility index (Phi) is 11.5. The molecule has 0 amide bonds. The highest BCUT2D eigenvalue weighted by atomic mass is 15.1. The van der Waals surface area contributed by atoms with E-state index in [4.69, 9.17) is 0 Å². The predicted molar refractivity (Wildman–Crippen MR) is 329 cm³/mol. The summed E-state index contributed by atoms with van der Waals surface area (Å²) in [6.07, 6.45) is 22.7. The van der Waals surface area contributed by atoms with E-state index >= 15 is 0 Å². The molecule has 11 aromatic rings. The lowest BCUT2D eigenvalue weighted by Crippen LogP contribution is -2.11. The van der Waals surface area contributed by atoms with Crippen molar-refractivity contribution in [1.82, 2.24) is 9.13 Å². The highest BCUT2D eigenvalue weighted by molar-refractivity contribution is 5.95. The fourth-order valence-corrected chi connectivity index (χ4v) is 13.5. The highest BCUT2D eigenvalue weighted by Gasteiger charge is 2.28. The Morgan fingerprint density at radius 2 is 0.821 bits per heavy atom. The monoisotopic (exact) mass is 1000 g/mol. The summed E-state index contributed by atoms with van der Waals surface area (Å²) in [5.74, 6) is 0.308. The fraction of sp³-hybridized carbons (Fsp3) is 0.120. The molecule has 4 aliphatic carbocycles. The summed E-state index contributed by atoms with van der Waals surface area (Å²) in [5.41, 5.74) is 28.4. The number of aryl methyl sites for hydroxylation is 3. The molecule has 0 aliphatic heterocycles. The maximum atomic E-state index is 2.49. The Labute approximate surface area is 457 Å². The maximum Gasteiger partial charge on any atom is 0.0543 e. The largest absolute Gasteiger partial charge is 0.311 e. The molecule has 4 aliphatic rings. The third-order valence-corrected chi connectivity index (χ3v) is 17.2. The molecule has 15 rings (SSSR count). The van der Waals surface area contributed by atoms with Gasteiger partial charge >= 0.3 is 0 Å². The number of benzene rings is 9. The van der Waals surface area contributed by atoms with Gasteiger partial charge in [0.05, 0.1) is 11.0 Å². The molecule has 2 aromatic heterocycles. The summed E-state index contributed by atoms with van der Waals surface area (Å²) in [7, 11) is 0. The van der Waals surface area contributed by atoms with E-state index < -0.39 is 0 Å². The number of hydrogen-bond acceptors (Lipinski definition) is 1. The minimum Gasteiger partial charge on any atom is -0.311 e. The Morgan fingerprint density at radius 1 is 0.372 bits per heavy atom. The lowest BCUT2D eigenvalue weighted by molar-refractivity contribution is 0.719. The van der Waals surface area contributed by atoms with Crippen LogP contribution in [-0.2, 0) is 19.3 Å². The van der Waals surface area contributed by atoms with Gasteiger partial charge < -0.3 is 14.0 Å². The van der Waals surface area contributed by atoms with E-state index in [1.807, 2.05) is 0 Å². The lowest BCUT2D eigenvalue weighted by Gasteiger charge is -2.27. The topological polar surface area (TPSA) is 13.1 Å². The van der Waals surface area contributed by atoms with Crippen LogP contribution in [-0.4, -0.2) is 9.13 Å². The average Bonchev–Trinajstić information content (AvgIpc) is 4.17. The first-order valence-corrected chi connectivity index (χ1v) is 28.2. The van der Waals surface area contributed by atoms with E-state index in [-0.39, 0.29) is 0 Å². The number of hydrogen-bond donors (Lipinski definition) is 0. The van der Waals surface area contributed by atoms with Gasteiger partial charge in [0.15, 0.2) is 0 Å². The van der Waals surface area contributed by atoms with Crippen LogP contribution in [0.4, 0.5) is 17.1 Å². The van der Waals surface area contributed by atoms with Crippen molar-refractivity contribution in [2.24, 2.45) is 0 Å². The molecule has 9 aromatic carbocycles. The molecule has 0 spiro atoms. The molecular formula is C75H59N3. The lowest BCUT2D eigenvalue weighted by atomic mass is 9.82. The zero-order valence-corrected chi connectivity index (χ0v) is 43.8. The van der Waals surface area contributed by atoms with E-state index in [1.165, 1.54) is 106 Å². The van der Waals surface area contributed by atoms with Gasteiger partial charge in [-0.25, -0.2) is 0 Å². The van der Waals surface area contributed by atoms with Gasteiger partial charge in [-0.05, 0) is 209 Å². The van der Waals surface area contributed by atoms with Crippen molar-refractivity contribution in [3.05, 3.63) is 287 Å². The van der Waals surface area contributed by atoms with Crippen LogP contribution in [0.15, 0.2) is 248 Å². The molecule has 0 fully saturated rings. The summed E-state index contributed by atoms with van der Waals surface area (Å²) in [5, 5.41) is 2.68. The number of nitrogens with zero attached hydrogens (tertiary/aromatic N) is 3. The quantitative estimate of drug-likeness (QED) is 0.140. The smallest absolute Gasteiger partial charge is 0.0543 e. The molecular weight excluding hydrogens is 943 g/mol. The van der Waals surface area contributed by atoms with Crippen LogP contribution >= 0.6 is 0 Å². The Morgan fingerprint density at radius 3 is 1.33 bits per heavy atom. The first-order valence-electron chi connectivity index (χ1n) is 28.2. The van der Waals surface area contributed by atoms with Crippen LogP contribution in [0.25, 0.3) is 84.3 Å². The molecule has 0 N–H and O–H groups in total. The Bertz CT molecular complexity index is 4020. The van der Waals surface area contributed by atoms with Gasteiger partial charge in [0, 0.05) is 56.5 Å². The summed E-state index contributed by atoms with van der Waals surface area (Å²) >= 11 is 0. The summed E-state index contributed by atoms with van der Waals surface area (Å²) in [6, 6.07) is 81.8. The van der Waals surface area contributed by atoms with Crippen molar-refractivity contribution < 1.29 is 0 Å². The van der Waals surface area contributed by atoms with Gasteiger partial charge in [-0.3, -0.25) is 0 Å².